The average molecular weight is 229 g/mol. The fraction of sp³-hybridized carbons (Fsp3) is 0.231. The number of rotatable bonds is 2. The molecule has 1 aromatic heterocycles. The van der Waals surface area contributed by atoms with E-state index >= 15 is 0 Å². The average Bonchev–Trinajstić information content (AvgIpc) is 2.61. The molecule has 0 spiro atoms. The van der Waals surface area contributed by atoms with Gasteiger partial charge in [0.05, 0.1) is 17.6 Å². The SMILES string of the molecule is Cc1ncn(Cc2ccc(C#N)c(F)c2)c1C. The van der Waals surface area contributed by atoms with Gasteiger partial charge in [0, 0.05) is 12.2 Å². The van der Waals surface area contributed by atoms with E-state index in [0.29, 0.717) is 6.54 Å². The van der Waals surface area contributed by atoms with Gasteiger partial charge >= 0.3 is 0 Å². The van der Waals surface area contributed by atoms with Gasteiger partial charge in [-0.3, -0.25) is 0 Å². The van der Waals surface area contributed by atoms with Crippen LogP contribution in [0.4, 0.5) is 4.39 Å². The normalized spacial score (nSPS) is 10.2. The summed E-state index contributed by atoms with van der Waals surface area (Å²) >= 11 is 0. The highest BCUT2D eigenvalue weighted by Crippen LogP contribution is 2.13. The van der Waals surface area contributed by atoms with Gasteiger partial charge in [0.15, 0.2) is 0 Å². The number of benzene rings is 1. The first-order valence-electron chi connectivity index (χ1n) is 5.28. The van der Waals surface area contributed by atoms with Crippen LogP contribution in [-0.4, -0.2) is 9.55 Å². The molecule has 0 amide bonds. The fourth-order valence-electron chi connectivity index (χ4n) is 1.65. The van der Waals surface area contributed by atoms with Gasteiger partial charge in [0.2, 0.25) is 0 Å². The molecule has 1 heterocycles. The van der Waals surface area contributed by atoms with E-state index in [4.69, 9.17) is 5.26 Å². The Bertz CT molecular complexity index is 593. The van der Waals surface area contributed by atoms with E-state index in [2.05, 4.69) is 4.98 Å². The van der Waals surface area contributed by atoms with E-state index in [1.807, 2.05) is 24.5 Å². The molecular formula is C13H12FN3. The van der Waals surface area contributed by atoms with Crippen molar-refractivity contribution in [1.82, 2.24) is 9.55 Å². The minimum Gasteiger partial charge on any atom is -0.330 e. The van der Waals surface area contributed by atoms with E-state index in [1.165, 1.54) is 12.1 Å². The Morgan fingerprint density at radius 2 is 2.18 bits per heavy atom. The van der Waals surface area contributed by atoms with Crippen molar-refractivity contribution in [2.24, 2.45) is 0 Å². The second-order valence-electron chi connectivity index (χ2n) is 3.97. The quantitative estimate of drug-likeness (QED) is 0.794. The summed E-state index contributed by atoms with van der Waals surface area (Å²) in [6.07, 6.45) is 1.74. The number of nitriles is 1. The highest BCUT2D eigenvalue weighted by molar-refractivity contribution is 5.33. The molecule has 0 fully saturated rings. The largest absolute Gasteiger partial charge is 0.330 e. The van der Waals surface area contributed by atoms with E-state index in [9.17, 15) is 4.39 Å². The molecule has 4 heteroatoms. The van der Waals surface area contributed by atoms with Gasteiger partial charge in [-0.1, -0.05) is 6.07 Å². The van der Waals surface area contributed by atoms with Crippen molar-refractivity contribution in [3.8, 4) is 6.07 Å². The van der Waals surface area contributed by atoms with Crippen LogP contribution in [0.2, 0.25) is 0 Å². The summed E-state index contributed by atoms with van der Waals surface area (Å²) in [4.78, 5) is 4.19. The van der Waals surface area contributed by atoms with Crippen molar-refractivity contribution in [3.05, 3.63) is 52.9 Å². The lowest BCUT2D eigenvalue weighted by Gasteiger charge is -2.06. The molecule has 0 saturated carbocycles. The maximum atomic E-state index is 13.4. The van der Waals surface area contributed by atoms with Crippen LogP contribution in [0, 0.1) is 31.0 Å². The van der Waals surface area contributed by atoms with Gasteiger partial charge in [0.1, 0.15) is 11.9 Å². The Labute approximate surface area is 99.1 Å². The van der Waals surface area contributed by atoms with Gasteiger partial charge in [0.25, 0.3) is 0 Å². The summed E-state index contributed by atoms with van der Waals surface area (Å²) < 4.78 is 15.4. The third-order valence-corrected chi connectivity index (χ3v) is 2.85. The Kier molecular flexibility index (Phi) is 2.92. The summed E-state index contributed by atoms with van der Waals surface area (Å²) in [5.74, 6) is -0.473. The summed E-state index contributed by atoms with van der Waals surface area (Å²) in [6.45, 7) is 4.48. The molecule has 0 saturated heterocycles. The van der Waals surface area contributed by atoms with Crippen LogP contribution in [0.1, 0.15) is 22.5 Å². The number of aromatic nitrogens is 2. The molecule has 0 N–H and O–H groups in total. The van der Waals surface area contributed by atoms with Crippen molar-refractivity contribution in [2.45, 2.75) is 20.4 Å². The molecule has 86 valence electrons. The zero-order chi connectivity index (χ0) is 12.4. The van der Waals surface area contributed by atoms with Gasteiger partial charge in [-0.2, -0.15) is 5.26 Å². The van der Waals surface area contributed by atoms with Gasteiger partial charge < -0.3 is 4.57 Å². The van der Waals surface area contributed by atoms with Crippen molar-refractivity contribution < 1.29 is 4.39 Å². The molecule has 1 aromatic carbocycles. The van der Waals surface area contributed by atoms with Crippen molar-refractivity contribution >= 4 is 0 Å². The molecule has 0 atom stereocenters. The number of aryl methyl sites for hydroxylation is 1. The smallest absolute Gasteiger partial charge is 0.141 e. The van der Waals surface area contributed by atoms with Crippen LogP contribution >= 0.6 is 0 Å². The predicted octanol–water partition coefficient (Wildman–Crippen LogP) is 2.56. The molecule has 3 nitrogen and oxygen atoms in total. The third kappa shape index (κ3) is 2.18. The fourth-order valence-corrected chi connectivity index (χ4v) is 1.65. The lowest BCUT2D eigenvalue weighted by Crippen LogP contribution is -2.01. The van der Waals surface area contributed by atoms with E-state index < -0.39 is 5.82 Å². The molecular weight excluding hydrogens is 217 g/mol. The topological polar surface area (TPSA) is 41.6 Å². The van der Waals surface area contributed by atoms with Crippen molar-refractivity contribution in [2.75, 3.05) is 0 Å². The standard InChI is InChI=1S/C13H12FN3/c1-9-10(2)17(8-16-9)7-11-3-4-12(6-15)13(14)5-11/h3-5,8H,7H2,1-2H3. The summed E-state index contributed by atoms with van der Waals surface area (Å²) in [6, 6.07) is 6.47. The number of halogens is 1. The molecule has 17 heavy (non-hydrogen) atoms. The zero-order valence-electron chi connectivity index (χ0n) is 9.74. The highest BCUT2D eigenvalue weighted by atomic mass is 19.1. The first-order chi connectivity index (χ1) is 8.11. The number of nitrogens with zero attached hydrogens (tertiary/aromatic N) is 3. The Hall–Kier alpha value is -2.15. The van der Waals surface area contributed by atoms with Crippen LogP contribution in [0.5, 0.6) is 0 Å². The molecule has 2 aromatic rings. The lowest BCUT2D eigenvalue weighted by atomic mass is 10.1. The maximum absolute atomic E-state index is 13.4. The van der Waals surface area contributed by atoms with Gasteiger partial charge in [-0.05, 0) is 31.5 Å². The predicted molar refractivity (Wildman–Crippen MR) is 61.9 cm³/mol. The Balaban J connectivity index is 2.29. The first kappa shape index (κ1) is 11.3. The maximum Gasteiger partial charge on any atom is 0.141 e. The highest BCUT2D eigenvalue weighted by Gasteiger charge is 2.06. The van der Waals surface area contributed by atoms with Crippen LogP contribution < -0.4 is 0 Å². The molecule has 0 bridgehead atoms. The van der Waals surface area contributed by atoms with Crippen molar-refractivity contribution in [3.63, 3.8) is 0 Å². The number of imidazole rings is 1. The molecule has 0 radical (unpaired) electrons. The second-order valence-corrected chi connectivity index (χ2v) is 3.97. The Morgan fingerprint density at radius 3 is 2.71 bits per heavy atom. The van der Waals surface area contributed by atoms with Crippen LogP contribution in [0.3, 0.4) is 0 Å². The molecule has 0 aliphatic carbocycles. The summed E-state index contributed by atoms with van der Waals surface area (Å²) in [7, 11) is 0. The van der Waals surface area contributed by atoms with Crippen LogP contribution in [0.25, 0.3) is 0 Å². The molecule has 2 rings (SSSR count). The van der Waals surface area contributed by atoms with Gasteiger partial charge in [-0.25, -0.2) is 9.37 Å². The van der Waals surface area contributed by atoms with Crippen molar-refractivity contribution in [1.29, 1.82) is 5.26 Å². The van der Waals surface area contributed by atoms with Crippen LogP contribution in [0.15, 0.2) is 24.5 Å². The summed E-state index contributed by atoms with van der Waals surface area (Å²) in [5, 5.41) is 8.64. The minimum absolute atomic E-state index is 0.0762. The van der Waals surface area contributed by atoms with E-state index in [0.717, 1.165) is 17.0 Å². The monoisotopic (exact) mass is 229 g/mol. The first-order valence-corrected chi connectivity index (χ1v) is 5.28. The number of hydrogen-bond donors (Lipinski definition) is 0. The minimum atomic E-state index is -0.473. The number of hydrogen-bond acceptors (Lipinski definition) is 2. The zero-order valence-corrected chi connectivity index (χ0v) is 9.74. The third-order valence-electron chi connectivity index (χ3n) is 2.85. The molecule has 0 aliphatic heterocycles. The molecule has 0 unspecified atom stereocenters. The van der Waals surface area contributed by atoms with Gasteiger partial charge in [-0.15, -0.1) is 0 Å². The summed E-state index contributed by atoms with van der Waals surface area (Å²) in [5.41, 5.74) is 2.93. The van der Waals surface area contributed by atoms with E-state index in [-0.39, 0.29) is 5.56 Å². The second kappa shape index (κ2) is 4.38. The Morgan fingerprint density at radius 1 is 1.41 bits per heavy atom. The van der Waals surface area contributed by atoms with E-state index in [1.54, 1.807) is 12.4 Å². The molecule has 0 aliphatic rings. The lowest BCUT2D eigenvalue weighted by molar-refractivity contribution is 0.619. The van der Waals surface area contributed by atoms with Crippen LogP contribution in [-0.2, 0) is 6.54 Å².